The van der Waals surface area contributed by atoms with Crippen LogP contribution in [0.4, 0.5) is 16.2 Å². The number of urea groups is 1. The molecule has 3 amide bonds. The lowest BCUT2D eigenvalue weighted by Gasteiger charge is -2.09. The van der Waals surface area contributed by atoms with E-state index in [1.807, 2.05) is 12.1 Å². The molecule has 3 N–H and O–H groups in total. The van der Waals surface area contributed by atoms with Gasteiger partial charge in [0, 0.05) is 17.4 Å². The molecule has 5 heteroatoms. The zero-order valence-electron chi connectivity index (χ0n) is 15.8. The predicted octanol–water partition coefficient (Wildman–Crippen LogP) is 4.49. The summed E-state index contributed by atoms with van der Waals surface area (Å²) in [5.74, 6) is -0.0523. The van der Waals surface area contributed by atoms with E-state index in [-0.39, 0.29) is 11.9 Å². The van der Waals surface area contributed by atoms with E-state index in [9.17, 15) is 9.59 Å². The average Bonchev–Trinajstić information content (AvgIpc) is 3.46. The monoisotopic (exact) mass is 365 g/mol. The first-order valence-electron chi connectivity index (χ1n) is 9.67. The van der Waals surface area contributed by atoms with Crippen molar-refractivity contribution in [2.24, 2.45) is 0 Å². The molecule has 0 aliphatic heterocycles. The molecule has 0 aromatic heterocycles. The first kappa shape index (κ1) is 19.0. The molecule has 0 radical (unpaired) electrons. The Morgan fingerprint density at radius 2 is 1.48 bits per heavy atom. The maximum absolute atomic E-state index is 12.2. The van der Waals surface area contributed by atoms with Crippen LogP contribution in [0.15, 0.2) is 48.5 Å². The first-order chi connectivity index (χ1) is 13.1. The predicted molar refractivity (Wildman–Crippen MR) is 109 cm³/mol. The maximum Gasteiger partial charge on any atom is 0.319 e. The van der Waals surface area contributed by atoms with Crippen LogP contribution in [0, 0.1) is 0 Å². The van der Waals surface area contributed by atoms with Crippen LogP contribution in [-0.4, -0.2) is 18.0 Å². The van der Waals surface area contributed by atoms with Crippen LogP contribution >= 0.6 is 0 Å². The van der Waals surface area contributed by atoms with Gasteiger partial charge in [-0.2, -0.15) is 0 Å². The molecule has 142 valence electrons. The van der Waals surface area contributed by atoms with Crippen LogP contribution in [0.25, 0.3) is 0 Å². The molecule has 2 aromatic rings. The average molecular weight is 365 g/mol. The van der Waals surface area contributed by atoms with Crippen molar-refractivity contribution in [2.75, 3.05) is 10.6 Å². The summed E-state index contributed by atoms with van der Waals surface area (Å²) in [6.45, 7) is 2.18. The van der Waals surface area contributed by atoms with Crippen molar-refractivity contribution in [1.82, 2.24) is 5.32 Å². The summed E-state index contributed by atoms with van der Waals surface area (Å²) >= 11 is 0. The molecule has 1 aliphatic carbocycles. The highest BCUT2D eigenvalue weighted by Gasteiger charge is 2.23. The van der Waals surface area contributed by atoms with Gasteiger partial charge in [0.2, 0.25) is 5.91 Å². The van der Waals surface area contributed by atoms with E-state index in [1.165, 1.54) is 18.4 Å². The van der Waals surface area contributed by atoms with E-state index in [1.54, 1.807) is 24.3 Å². The molecule has 0 atom stereocenters. The number of anilines is 2. The number of hydrogen-bond donors (Lipinski definition) is 3. The fraction of sp³-hybridized carbons (Fsp3) is 0.364. The number of unbranched alkanes of at least 4 members (excludes halogenated alkanes) is 1. The van der Waals surface area contributed by atoms with Crippen molar-refractivity contribution in [3.63, 3.8) is 0 Å². The normalized spacial score (nSPS) is 13.1. The first-order valence-corrected chi connectivity index (χ1v) is 9.67. The van der Waals surface area contributed by atoms with Gasteiger partial charge in [0.25, 0.3) is 0 Å². The number of aryl methyl sites for hydroxylation is 1. The van der Waals surface area contributed by atoms with Gasteiger partial charge in [0.15, 0.2) is 0 Å². The molecule has 0 bridgehead atoms. The Bertz CT molecular complexity index is 765. The van der Waals surface area contributed by atoms with Crippen LogP contribution in [0.5, 0.6) is 0 Å². The highest BCUT2D eigenvalue weighted by atomic mass is 16.2. The summed E-state index contributed by atoms with van der Waals surface area (Å²) in [6, 6.07) is 15.5. The Morgan fingerprint density at radius 1 is 0.889 bits per heavy atom. The molecule has 0 saturated heterocycles. The number of carbonyl (C=O) groups excluding carboxylic acids is 2. The molecular weight excluding hydrogens is 338 g/mol. The van der Waals surface area contributed by atoms with Gasteiger partial charge in [-0.3, -0.25) is 4.79 Å². The SMILES string of the molecule is CCCCc1ccc(CC(=O)Nc2ccc(NC(=O)NC3CC3)cc2)cc1. The third-order valence-corrected chi connectivity index (χ3v) is 4.55. The van der Waals surface area contributed by atoms with Crippen LogP contribution in [0.1, 0.15) is 43.7 Å². The molecule has 2 aromatic carbocycles. The van der Waals surface area contributed by atoms with Crippen molar-refractivity contribution in [3.8, 4) is 0 Å². The Balaban J connectivity index is 1.46. The second-order valence-corrected chi connectivity index (χ2v) is 7.10. The third-order valence-electron chi connectivity index (χ3n) is 4.55. The molecule has 1 aliphatic rings. The van der Waals surface area contributed by atoms with E-state index in [0.29, 0.717) is 23.8 Å². The minimum absolute atomic E-state index is 0.0523. The van der Waals surface area contributed by atoms with Crippen LogP contribution < -0.4 is 16.0 Å². The van der Waals surface area contributed by atoms with Gasteiger partial charge in [-0.05, 0) is 61.1 Å². The topological polar surface area (TPSA) is 70.2 Å². The van der Waals surface area contributed by atoms with Gasteiger partial charge in [0.05, 0.1) is 6.42 Å². The van der Waals surface area contributed by atoms with Gasteiger partial charge >= 0.3 is 6.03 Å². The zero-order chi connectivity index (χ0) is 19.1. The van der Waals surface area contributed by atoms with E-state index in [0.717, 1.165) is 24.8 Å². The molecule has 0 heterocycles. The lowest BCUT2D eigenvalue weighted by Crippen LogP contribution is -2.30. The molecule has 3 rings (SSSR count). The highest BCUT2D eigenvalue weighted by Crippen LogP contribution is 2.19. The molecular formula is C22H27N3O2. The van der Waals surface area contributed by atoms with Crippen LogP contribution in [-0.2, 0) is 17.6 Å². The fourth-order valence-corrected chi connectivity index (χ4v) is 2.81. The Kier molecular flexibility index (Phi) is 6.47. The summed E-state index contributed by atoms with van der Waals surface area (Å²) in [4.78, 5) is 24.0. The lowest BCUT2D eigenvalue weighted by molar-refractivity contribution is -0.115. The summed E-state index contributed by atoms with van der Waals surface area (Å²) in [5, 5.41) is 8.56. The van der Waals surface area contributed by atoms with Crippen molar-refractivity contribution in [2.45, 2.75) is 51.5 Å². The van der Waals surface area contributed by atoms with E-state index in [4.69, 9.17) is 0 Å². The van der Waals surface area contributed by atoms with Gasteiger partial charge in [-0.25, -0.2) is 4.79 Å². The van der Waals surface area contributed by atoms with Crippen molar-refractivity contribution in [3.05, 3.63) is 59.7 Å². The van der Waals surface area contributed by atoms with Crippen molar-refractivity contribution in [1.29, 1.82) is 0 Å². The number of nitrogens with one attached hydrogen (secondary N) is 3. The van der Waals surface area contributed by atoms with Gasteiger partial charge in [0.1, 0.15) is 0 Å². The zero-order valence-corrected chi connectivity index (χ0v) is 15.8. The highest BCUT2D eigenvalue weighted by molar-refractivity contribution is 5.93. The Labute approximate surface area is 160 Å². The molecule has 1 saturated carbocycles. The van der Waals surface area contributed by atoms with Crippen LogP contribution in [0.2, 0.25) is 0 Å². The molecule has 5 nitrogen and oxygen atoms in total. The summed E-state index contributed by atoms with van der Waals surface area (Å²) in [7, 11) is 0. The smallest absolute Gasteiger partial charge is 0.319 e. The fourth-order valence-electron chi connectivity index (χ4n) is 2.81. The second kappa shape index (κ2) is 9.21. The quantitative estimate of drug-likeness (QED) is 0.645. The number of rotatable bonds is 8. The van der Waals surface area contributed by atoms with Crippen molar-refractivity contribution >= 4 is 23.3 Å². The maximum atomic E-state index is 12.2. The van der Waals surface area contributed by atoms with Gasteiger partial charge in [-0.15, -0.1) is 0 Å². The largest absolute Gasteiger partial charge is 0.335 e. The van der Waals surface area contributed by atoms with E-state index in [2.05, 4.69) is 35.0 Å². The summed E-state index contributed by atoms with van der Waals surface area (Å²) < 4.78 is 0. The minimum atomic E-state index is -0.184. The van der Waals surface area contributed by atoms with Gasteiger partial charge < -0.3 is 16.0 Å². The molecule has 1 fully saturated rings. The van der Waals surface area contributed by atoms with E-state index >= 15 is 0 Å². The lowest BCUT2D eigenvalue weighted by atomic mass is 10.0. The molecule has 27 heavy (non-hydrogen) atoms. The second-order valence-electron chi connectivity index (χ2n) is 7.10. The Morgan fingerprint density at radius 3 is 2.07 bits per heavy atom. The third kappa shape index (κ3) is 6.44. The van der Waals surface area contributed by atoms with Crippen molar-refractivity contribution < 1.29 is 9.59 Å². The standard InChI is InChI=1S/C22H27N3O2/c1-2-3-4-16-5-7-17(8-6-16)15-21(26)23-18-9-11-19(12-10-18)24-22(27)25-20-13-14-20/h5-12,20H,2-4,13-15H2,1H3,(H,23,26)(H2,24,25,27). The molecule has 0 spiro atoms. The van der Waals surface area contributed by atoms with Crippen LogP contribution in [0.3, 0.4) is 0 Å². The number of benzene rings is 2. The number of amides is 3. The van der Waals surface area contributed by atoms with Gasteiger partial charge in [-0.1, -0.05) is 37.6 Å². The van der Waals surface area contributed by atoms with E-state index < -0.39 is 0 Å². The summed E-state index contributed by atoms with van der Waals surface area (Å²) in [6.07, 6.45) is 5.91. The molecule has 0 unspecified atom stereocenters. The summed E-state index contributed by atoms with van der Waals surface area (Å²) in [5.41, 5.74) is 3.74. The number of hydrogen-bond acceptors (Lipinski definition) is 2. The Hall–Kier alpha value is -2.82. The number of carbonyl (C=O) groups is 2. The minimum Gasteiger partial charge on any atom is -0.335 e.